The zero-order valence-electron chi connectivity index (χ0n) is 13.7. The smallest absolute Gasteiger partial charge is 0.250 e. The van der Waals surface area contributed by atoms with Crippen molar-refractivity contribution >= 4 is 44.6 Å². The topological polar surface area (TPSA) is 66.5 Å². The Bertz CT molecular complexity index is 827. The van der Waals surface area contributed by atoms with Crippen LogP contribution in [-0.4, -0.2) is 27.4 Å². The Kier molecular flexibility index (Phi) is 6.03. The second kappa shape index (κ2) is 7.65. The van der Waals surface area contributed by atoms with Gasteiger partial charge in [0.1, 0.15) is 4.21 Å². The Labute approximate surface area is 151 Å². The van der Waals surface area contributed by atoms with E-state index in [-0.39, 0.29) is 23.2 Å². The zero-order valence-corrected chi connectivity index (χ0v) is 16.1. The van der Waals surface area contributed by atoms with Crippen LogP contribution in [0.4, 0.5) is 5.69 Å². The van der Waals surface area contributed by atoms with Gasteiger partial charge >= 0.3 is 0 Å². The van der Waals surface area contributed by atoms with E-state index in [2.05, 4.69) is 4.72 Å². The molecular formula is C16H19ClN2O3S2. The Morgan fingerprint density at radius 3 is 2.33 bits per heavy atom. The number of carbonyl (C=O) groups is 1. The van der Waals surface area contributed by atoms with Gasteiger partial charge in [0, 0.05) is 25.7 Å². The number of rotatable bonds is 6. The van der Waals surface area contributed by atoms with Gasteiger partial charge < -0.3 is 4.90 Å². The predicted octanol–water partition coefficient (Wildman–Crippen LogP) is 3.35. The number of benzene rings is 1. The molecule has 0 radical (unpaired) electrons. The summed E-state index contributed by atoms with van der Waals surface area (Å²) in [6.45, 7) is 5.69. The highest BCUT2D eigenvalue weighted by atomic mass is 35.5. The van der Waals surface area contributed by atoms with Gasteiger partial charge in [-0.3, -0.25) is 4.79 Å². The van der Waals surface area contributed by atoms with Crippen molar-refractivity contribution in [1.82, 2.24) is 4.72 Å². The van der Waals surface area contributed by atoms with Crippen LogP contribution in [0.25, 0.3) is 0 Å². The summed E-state index contributed by atoms with van der Waals surface area (Å²) in [5.41, 5.74) is 2.76. The molecule has 1 amide bonds. The molecule has 2 aromatic rings. The van der Waals surface area contributed by atoms with Crippen molar-refractivity contribution in [1.29, 1.82) is 0 Å². The first-order valence-electron chi connectivity index (χ1n) is 7.31. The summed E-state index contributed by atoms with van der Waals surface area (Å²) in [4.78, 5) is 13.6. The maximum absolute atomic E-state index is 12.2. The van der Waals surface area contributed by atoms with Crippen LogP contribution < -0.4 is 9.62 Å². The lowest BCUT2D eigenvalue weighted by Crippen LogP contribution is -2.38. The first kappa shape index (κ1) is 18.9. The van der Waals surface area contributed by atoms with E-state index in [1.165, 1.54) is 13.0 Å². The number of sulfonamides is 1. The number of carbonyl (C=O) groups excluding carboxylic acids is 1. The number of para-hydroxylation sites is 1. The number of nitrogens with zero attached hydrogens (tertiary/aromatic N) is 1. The maximum atomic E-state index is 12.2. The fourth-order valence-electron chi connectivity index (χ4n) is 2.46. The number of amides is 1. The van der Waals surface area contributed by atoms with Crippen molar-refractivity contribution in [2.45, 2.75) is 25.0 Å². The second-order valence-corrected chi connectivity index (χ2v) is 9.08. The van der Waals surface area contributed by atoms with E-state index in [1.807, 2.05) is 32.0 Å². The summed E-state index contributed by atoms with van der Waals surface area (Å²) in [5, 5.41) is 0. The van der Waals surface area contributed by atoms with Gasteiger partial charge in [-0.05, 0) is 37.1 Å². The van der Waals surface area contributed by atoms with Crippen molar-refractivity contribution in [2.75, 3.05) is 18.0 Å². The molecule has 0 unspecified atom stereocenters. The van der Waals surface area contributed by atoms with E-state index in [1.54, 1.807) is 11.0 Å². The second-order valence-electron chi connectivity index (χ2n) is 5.37. The van der Waals surface area contributed by atoms with Crippen molar-refractivity contribution in [3.63, 3.8) is 0 Å². The molecular weight excluding hydrogens is 368 g/mol. The van der Waals surface area contributed by atoms with Crippen LogP contribution in [-0.2, 0) is 14.8 Å². The zero-order chi connectivity index (χ0) is 17.9. The summed E-state index contributed by atoms with van der Waals surface area (Å²) in [5.74, 6) is -0.134. The molecule has 1 aromatic heterocycles. The van der Waals surface area contributed by atoms with E-state index in [0.29, 0.717) is 4.34 Å². The van der Waals surface area contributed by atoms with Gasteiger partial charge in [-0.2, -0.15) is 0 Å². The first-order chi connectivity index (χ1) is 11.2. The third-order valence-corrected chi connectivity index (χ3v) is 6.71. The highest BCUT2D eigenvalue weighted by Gasteiger charge is 2.19. The Balaban J connectivity index is 2.12. The number of hydrogen-bond donors (Lipinski definition) is 1. The van der Waals surface area contributed by atoms with Crippen LogP contribution in [0, 0.1) is 13.8 Å². The van der Waals surface area contributed by atoms with Crippen LogP contribution >= 0.6 is 22.9 Å². The van der Waals surface area contributed by atoms with Gasteiger partial charge in [0.25, 0.3) is 0 Å². The van der Waals surface area contributed by atoms with Gasteiger partial charge in [0.15, 0.2) is 0 Å². The van der Waals surface area contributed by atoms with Gasteiger partial charge in [-0.15, -0.1) is 11.3 Å². The van der Waals surface area contributed by atoms with Gasteiger partial charge in [-0.25, -0.2) is 13.1 Å². The lowest BCUT2D eigenvalue weighted by Gasteiger charge is -2.25. The largest absolute Gasteiger partial charge is 0.311 e. The fourth-order valence-corrected chi connectivity index (χ4v) is 5.01. The van der Waals surface area contributed by atoms with Gasteiger partial charge in [-0.1, -0.05) is 29.8 Å². The van der Waals surface area contributed by atoms with Crippen LogP contribution in [0.2, 0.25) is 4.34 Å². The monoisotopic (exact) mass is 386 g/mol. The third-order valence-electron chi connectivity index (χ3n) is 3.53. The molecule has 1 N–H and O–H groups in total. The van der Waals surface area contributed by atoms with Crippen LogP contribution in [0.15, 0.2) is 34.5 Å². The minimum atomic E-state index is -3.62. The van der Waals surface area contributed by atoms with Crippen molar-refractivity contribution in [2.24, 2.45) is 0 Å². The standard InChI is InChI=1S/C16H19ClN2O3S2/c1-11-5-4-6-12(2)16(11)19(13(3)20)10-9-18-24(21,22)15-8-7-14(17)23-15/h4-8,18H,9-10H2,1-3H3. The molecule has 0 aliphatic carbocycles. The molecule has 1 aromatic carbocycles. The van der Waals surface area contributed by atoms with Crippen molar-refractivity contribution in [3.8, 4) is 0 Å². The molecule has 0 bridgehead atoms. The SMILES string of the molecule is CC(=O)N(CCNS(=O)(=O)c1ccc(Cl)s1)c1c(C)cccc1C. The van der Waals surface area contributed by atoms with Crippen molar-refractivity contribution in [3.05, 3.63) is 45.8 Å². The molecule has 130 valence electrons. The molecule has 2 rings (SSSR count). The number of halogens is 1. The van der Waals surface area contributed by atoms with Gasteiger partial charge in [0.2, 0.25) is 15.9 Å². The van der Waals surface area contributed by atoms with Crippen molar-refractivity contribution < 1.29 is 13.2 Å². The summed E-state index contributed by atoms with van der Waals surface area (Å²) < 4.78 is 27.5. The normalized spacial score (nSPS) is 11.5. The average molecular weight is 387 g/mol. The fraction of sp³-hybridized carbons (Fsp3) is 0.312. The van der Waals surface area contributed by atoms with E-state index >= 15 is 0 Å². The summed E-state index contributed by atoms with van der Waals surface area (Å²) in [6, 6.07) is 8.78. The molecule has 0 atom stereocenters. The summed E-state index contributed by atoms with van der Waals surface area (Å²) in [7, 11) is -3.62. The molecule has 0 aliphatic rings. The van der Waals surface area contributed by atoms with Crippen LogP contribution in [0.1, 0.15) is 18.1 Å². The molecule has 0 spiro atoms. The molecule has 5 nitrogen and oxygen atoms in total. The lowest BCUT2D eigenvalue weighted by molar-refractivity contribution is -0.116. The van der Waals surface area contributed by atoms with E-state index in [9.17, 15) is 13.2 Å². The number of hydrogen-bond acceptors (Lipinski definition) is 4. The number of thiophene rings is 1. The minimum absolute atomic E-state index is 0.116. The molecule has 24 heavy (non-hydrogen) atoms. The minimum Gasteiger partial charge on any atom is -0.311 e. The highest BCUT2D eigenvalue weighted by molar-refractivity contribution is 7.91. The predicted molar refractivity (Wildman–Crippen MR) is 98.5 cm³/mol. The molecule has 0 aliphatic heterocycles. The van der Waals surface area contributed by atoms with Gasteiger partial charge in [0.05, 0.1) is 4.34 Å². The molecule has 1 heterocycles. The lowest BCUT2D eigenvalue weighted by atomic mass is 10.1. The average Bonchev–Trinajstić information content (AvgIpc) is 2.92. The van der Waals surface area contributed by atoms with E-state index in [4.69, 9.17) is 11.6 Å². The number of aryl methyl sites for hydroxylation is 2. The third kappa shape index (κ3) is 4.36. The Hall–Kier alpha value is -1.41. The van der Waals surface area contributed by atoms with E-state index in [0.717, 1.165) is 28.2 Å². The molecule has 8 heteroatoms. The van der Waals surface area contributed by atoms with Crippen LogP contribution in [0.5, 0.6) is 0 Å². The highest BCUT2D eigenvalue weighted by Crippen LogP contribution is 2.26. The maximum Gasteiger partial charge on any atom is 0.250 e. The molecule has 0 saturated carbocycles. The van der Waals surface area contributed by atoms with Crippen LogP contribution in [0.3, 0.4) is 0 Å². The van der Waals surface area contributed by atoms with E-state index < -0.39 is 10.0 Å². The summed E-state index contributed by atoms with van der Waals surface area (Å²) >= 11 is 6.78. The number of nitrogens with one attached hydrogen (secondary N) is 1. The first-order valence-corrected chi connectivity index (χ1v) is 9.99. The summed E-state index contributed by atoms with van der Waals surface area (Å²) in [6.07, 6.45) is 0. The Morgan fingerprint density at radius 1 is 1.21 bits per heavy atom. The quantitative estimate of drug-likeness (QED) is 0.827. The number of anilines is 1. The Morgan fingerprint density at radius 2 is 1.83 bits per heavy atom. The molecule has 0 saturated heterocycles. The molecule has 0 fully saturated rings.